The molecule has 1 heterocycles. The normalized spacial score (nSPS) is 26.4. The Labute approximate surface area is 174 Å². The van der Waals surface area contributed by atoms with Gasteiger partial charge in [0.1, 0.15) is 5.82 Å². The first kappa shape index (κ1) is 21.8. The van der Waals surface area contributed by atoms with Crippen LogP contribution in [0.15, 0.2) is 6.20 Å². The minimum Gasteiger partial charge on any atom is -0.393 e. The van der Waals surface area contributed by atoms with E-state index in [1.165, 1.54) is 12.6 Å². The number of nitrogens with zero attached hydrogens (tertiary/aromatic N) is 2. The number of nitrogens with one attached hydrogen (secondary N) is 2. The smallest absolute Gasteiger partial charge is 0.254 e. The lowest BCUT2D eigenvalue weighted by molar-refractivity contribution is 0.0739. The second-order valence-corrected chi connectivity index (χ2v) is 10.3. The lowest BCUT2D eigenvalue weighted by Gasteiger charge is -2.44. The van der Waals surface area contributed by atoms with Gasteiger partial charge in [0.2, 0.25) is 5.95 Å². The highest BCUT2D eigenvalue weighted by atomic mass is 16.3. The van der Waals surface area contributed by atoms with E-state index in [-0.39, 0.29) is 23.1 Å². The number of carbonyl (C=O) groups is 1. The first-order chi connectivity index (χ1) is 13.6. The van der Waals surface area contributed by atoms with Gasteiger partial charge in [-0.3, -0.25) is 4.79 Å². The molecule has 0 unspecified atom stereocenters. The molecule has 1 amide bonds. The summed E-state index contributed by atoms with van der Waals surface area (Å²) < 4.78 is 0. The average molecular weight is 404 g/mol. The van der Waals surface area contributed by atoms with Gasteiger partial charge in [-0.15, -0.1) is 0 Å². The molecule has 3 atom stereocenters. The maximum Gasteiger partial charge on any atom is 0.254 e. The van der Waals surface area contributed by atoms with Crippen molar-refractivity contribution in [1.82, 2.24) is 9.97 Å². The maximum absolute atomic E-state index is 11.9. The Morgan fingerprint density at radius 2 is 2.07 bits per heavy atom. The molecule has 0 aliphatic heterocycles. The molecule has 2 saturated carbocycles. The highest BCUT2D eigenvalue weighted by molar-refractivity contribution is 5.97. The van der Waals surface area contributed by atoms with E-state index in [9.17, 15) is 9.90 Å². The van der Waals surface area contributed by atoms with Gasteiger partial charge in [0.15, 0.2) is 0 Å². The molecular weight excluding hydrogens is 366 g/mol. The number of rotatable bonds is 7. The predicted molar refractivity (Wildman–Crippen MR) is 116 cm³/mol. The van der Waals surface area contributed by atoms with Crippen LogP contribution in [0.1, 0.15) is 89.4 Å². The van der Waals surface area contributed by atoms with Gasteiger partial charge in [-0.2, -0.15) is 4.98 Å². The predicted octanol–water partition coefficient (Wildman–Crippen LogP) is 3.70. The van der Waals surface area contributed by atoms with Gasteiger partial charge in [0.25, 0.3) is 5.91 Å². The third kappa shape index (κ3) is 5.59. The number of hydrogen-bond acceptors (Lipinski definition) is 6. The van der Waals surface area contributed by atoms with E-state index in [0.717, 1.165) is 38.5 Å². The zero-order valence-corrected chi connectivity index (χ0v) is 18.3. The minimum atomic E-state index is -0.546. The molecule has 1 aromatic rings. The molecule has 7 heteroatoms. The molecule has 5 N–H and O–H groups in total. The Morgan fingerprint density at radius 3 is 2.62 bits per heavy atom. The van der Waals surface area contributed by atoms with Crippen molar-refractivity contribution in [3.63, 3.8) is 0 Å². The Kier molecular flexibility index (Phi) is 6.36. The van der Waals surface area contributed by atoms with Crippen molar-refractivity contribution < 1.29 is 9.90 Å². The summed E-state index contributed by atoms with van der Waals surface area (Å²) in [6, 6.07) is 0.0700. The number of aliphatic hydroxyl groups is 1. The fourth-order valence-corrected chi connectivity index (χ4v) is 4.25. The van der Waals surface area contributed by atoms with Crippen LogP contribution in [0.25, 0.3) is 0 Å². The highest BCUT2D eigenvalue weighted by Gasteiger charge is 2.38. The molecule has 0 bridgehead atoms. The first-order valence-electron chi connectivity index (χ1n) is 11.0. The van der Waals surface area contributed by atoms with Crippen molar-refractivity contribution in [2.75, 3.05) is 10.6 Å². The summed E-state index contributed by atoms with van der Waals surface area (Å²) in [6.07, 6.45) is 9.32. The Hall–Kier alpha value is -1.89. The van der Waals surface area contributed by atoms with E-state index >= 15 is 0 Å². The standard InChI is InChI=1S/C22H37N5O2/c1-14-6-7-15(12-17(14)28)25-19-16(18(23)29)13-24-20(26-19)27-22(8-5-9-22)11-10-21(2,3)4/h13-15,17,28H,5-12H2,1-4H3,(H2,23,29)(H2,24,25,26,27)/t14-,15-,17-/m1/s1. The van der Waals surface area contributed by atoms with Gasteiger partial charge in [0.05, 0.1) is 11.7 Å². The van der Waals surface area contributed by atoms with Crippen LogP contribution in [0.2, 0.25) is 0 Å². The molecule has 3 rings (SSSR count). The largest absolute Gasteiger partial charge is 0.393 e. The van der Waals surface area contributed by atoms with E-state index in [0.29, 0.717) is 29.7 Å². The van der Waals surface area contributed by atoms with E-state index in [4.69, 9.17) is 5.73 Å². The Morgan fingerprint density at radius 1 is 1.34 bits per heavy atom. The molecule has 2 aliphatic rings. The number of primary amides is 1. The average Bonchev–Trinajstić information content (AvgIpc) is 2.59. The van der Waals surface area contributed by atoms with Crippen LogP contribution in [0.3, 0.4) is 0 Å². The topological polar surface area (TPSA) is 113 Å². The SMILES string of the molecule is C[C@@H]1CC[C@@H](Nc2nc(NC3(CCC(C)(C)C)CCC3)ncc2C(N)=O)C[C@H]1O. The summed E-state index contributed by atoms with van der Waals surface area (Å²) in [6.45, 7) is 8.86. The number of hydrogen-bond donors (Lipinski definition) is 4. The second-order valence-electron chi connectivity index (χ2n) is 10.3. The molecule has 0 aromatic carbocycles. The van der Waals surface area contributed by atoms with Crippen molar-refractivity contribution in [2.24, 2.45) is 17.1 Å². The number of anilines is 2. The molecule has 0 radical (unpaired) electrons. The number of carbonyl (C=O) groups excluding carboxylic acids is 1. The van der Waals surface area contributed by atoms with Crippen molar-refractivity contribution >= 4 is 17.7 Å². The molecule has 2 fully saturated rings. The first-order valence-corrected chi connectivity index (χ1v) is 11.0. The number of aliphatic hydroxyl groups excluding tert-OH is 1. The number of nitrogens with two attached hydrogens (primary N) is 1. The number of amides is 1. The molecule has 7 nitrogen and oxygen atoms in total. The molecule has 29 heavy (non-hydrogen) atoms. The van der Waals surface area contributed by atoms with Crippen LogP contribution >= 0.6 is 0 Å². The van der Waals surface area contributed by atoms with Crippen LogP contribution in [-0.2, 0) is 0 Å². The lowest BCUT2D eigenvalue weighted by atomic mass is 9.71. The maximum atomic E-state index is 11.9. The Bertz CT molecular complexity index is 726. The summed E-state index contributed by atoms with van der Waals surface area (Å²) in [4.78, 5) is 20.9. The third-order valence-corrected chi connectivity index (χ3v) is 6.59. The zero-order valence-electron chi connectivity index (χ0n) is 18.3. The quantitative estimate of drug-likeness (QED) is 0.552. The van der Waals surface area contributed by atoms with E-state index in [1.54, 1.807) is 0 Å². The van der Waals surface area contributed by atoms with Crippen LogP contribution < -0.4 is 16.4 Å². The molecule has 0 spiro atoms. The molecule has 0 saturated heterocycles. The summed E-state index contributed by atoms with van der Waals surface area (Å²) in [5.41, 5.74) is 6.16. The van der Waals surface area contributed by atoms with Gasteiger partial charge in [-0.25, -0.2) is 4.98 Å². The number of aromatic nitrogens is 2. The van der Waals surface area contributed by atoms with Gasteiger partial charge in [-0.1, -0.05) is 27.7 Å². The summed E-state index contributed by atoms with van der Waals surface area (Å²) in [7, 11) is 0. The van der Waals surface area contributed by atoms with Crippen LogP contribution in [0.5, 0.6) is 0 Å². The lowest BCUT2D eigenvalue weighted by Crippen LogP contribution is -2.46. The van der Waals surface area contributed by atoms with Crippen LogP contribution in [0, 0.1) is 11.3 Å². The van der Waals surface area contributed by atoms with E-state index in [2.05, 4.69) is 48.3 Å². The fourth-order valence-electron chi connectivity index (χ4n) is 4.25. The Balaban J connectivity index is 1.75. The van der Waals surface area contributed by atoms with Crippen LogP contribution in [-0.4, -0.2) is 38.7 Å². The van der Waals surface area contributed by atoms with Crippen molar-refractivity contribution in [2.45, 2.75) is 96.7 Å². The summed E-state index contributed by atoms with van der Waals surface area (Å²) in [5.74, 6) is 0.755. The molecular formula is C22H37N5O2. The van der Waals surface area contributed by atoms with Gasteiger partial charge < -0.3 is 21.5 Å². The molecule has 2 aliphatic carbocycles. The van der Waals surface area contributed by atoms with Gasteiger partial charge in [-0.05, 0) is 62.7 Å². The molecule has 162 valence electrons. The molecule has 1 aromatic heterocycles. The van der Waals surface area contributed by atoms with Crippen LogP contribution in [0.4, 0.5) is 11.8 Å². The van der Waals surface area contributed by atoms with Gasteiger partial charge in [0, 0.05) is 17.8 Å². The van der Waals surface area contributed by atoms with E-state index < -0.39 is 5.91 Å². The summed E-state index contributed by atoms with van der Waals surface area (Å²) >= 11 is 0. The second kappa shape index (κ2) is 8.46. The van der Waals surface area contributed by atoms with Crippen molar-refractivity contribution in [3.05, 3.63) is 11.8 Å². The third-order valence-electron chi connectivity index (χ3n) is 6.59. The van der Waals surface area contributed by atoms with Crippen molar-refractivity contribution in [1.29, 1.82) is 0 Å². The fraction of sp³-hybridized carbons (Fsp3) is 0.773. The highest BCUT2D eigenvalue weighted by Crippen LogP contribution is 2.41. The monoisotopic (exact) mass is 403 g/mol. The summed E-state index contributed by atoms with van der Waals surface area (Å²) in [5, 5.41) is 17.1. The van der Waals surface area contributed by atoms with E-state index in [1.807, 2.05) is 0 Å². The van der Waals surface area contributed by atoms with Gasteiger partial charge >= 0.3 is 0 Å². The zero-order chi connectivity index (χ0) is 21.2. The minimum absolute atomic E-state index is 0.0370. The van der Waals surface area contributed by atoms with Crippen molar-refractivity contribution in [3.8, 4) is 0 Å².